The third kappa shape index (κ3) is 2.20. The first kappa shape index (κ1) is 16.2. The van der Waals surface area contributed by atoms with E-state index >= 15 is 0 Å². The fraction of sp³-hybridized carbons (Fsp3) is 0.955. The Morgan fingerprint density at radius 2 is 1.57 bits per heavy atom. The maximum absolute atomic E-state index is 12.2. The Morgan fingerprint density at radius 3 is 2.30 bits per heavy atom. The van der Waals surface area contributed by atoms with Crippen molar-refractivity contribution in [2.24, 2.45) is 46.3 Å². The maximum Gasteiger partial charge on any atom is 0.133 e. The van der Waals surface area contributed by atoms with Gasteiger partial charge in [-0.2, -0.15) is 0 Å². The third-order valence-corrected chi connectivity index (χ3v) is 9.42. The van der Waals surface area contributed by atoms with Crippen molar-refractivity contribution in [3.8, 4) is 0 Å². The lowest BCUT2D eigenvalue weighted by atomic mass is 9.44. The van der Waals surface area contributed by atoms with Gasteiger partial charge in [-0.05, 0) is 98.7 Å². The van der Waals surface area contributed by atoms with E-state index in [0.717, 1.165) is 29.6 Å². The first-order valence-electron chi connectivity index (χ1n) is 10.4. The Hall–Kier alpha value is -0.330. The van der Waals surface area contributed by atoms with Gasteiger partial charge < -0.3 is 0 Å². The Labute approximate surface area is 143 Å². The zero-order valence-corrected chi connectivity index (χ0v) is 15.7. The molecule has 0 N–H and O–H groups in total. The van der Waals surface area contributed by atoms with E-state index in [9.17, 15) is 4.79 Å². The summed E-state index contributed by atoms with van der Waals surface area (Å²) in [5.74, 6) is 5.50. The standard InChI is InChI=1S/C22H36O/c1-14-9-11-21(3)16(13-14)5-6-17-19-8-7-18(15(2)23)22(19,4)12-10-20(17)21/h14,16-20H,5-13H2,1-4H3/t14-,16?,17?,18?,19?,20?,21?,22?/m1/s1. The van der Waals surface area contributed by atoms with Gasteiger partial charge in [0.2, 0.25) is 0 Å². The first-order chi connectivity index (χ1) is 10.9. The van der Waals surface area contributed by atoms with Gasteiger partial charge in [0.05, 0.1) is 0 Å². The van der Waals surface area contributed by atoms with Crippen LogP contribution >= 0.6 is 0 Å². The van der Waals surface area contributed by atoms with Gasteiger partial charge in [-0.3, -0.25) is 4.79 Å². The fourth-order valence-electron chi connectivity index (χ4n) is 8.14. The molecule has 0 aromatic rings. The number of rotatable bonds is 1. The summed E-state index contributed by atoms with van der Waals surface area (Å²) in [5.41, 5.74) is 0.948. The molecule has 4 fully saturated rings. The van der Waals surface area contributed by atoms with Gasteiger partial charge in [0, 0.05) is 5.92 Å². The van der Waals surface area contributed by atoms with E-state index in [0.29, 0.717) is 22.5 Å². The molecule has 7 unspecified atom stereocenters. The van der Waals surface area contributed by atoms with Crippen LogP contribution in [-0.2, 0) is 4.79 Å². The maximum atomic E-state index is 12.2. The van der Waals surface area contributed by atoms with E-state index in [2.05, 4.69) is 20.8 Å². The molecule has 4 rings (SSSR count). The van der Waals surface area contributed by atoms with Gasteiger partial charge in [0.1, 0.15) is 5.78 Å². The van der Waals surface area contributed by atoms with Crippen LogP contribution < -0.4 is 0 Å². The monoisotopic (exact) mass is 316 g/mol. The lowest BCUT2D eigenvalue weighted by Crippen LogP contribution is -2.53. The Kier molecular flexibility index (Phi) is 3.75. The molecule has 4 aliphatic carbocycles. The molecule has 0 aliphatic heterocycles. The highest BCUT2D eigenvalue weighted by Gasteiger charge is 2.60. The van der Waals surface area contributed by atoms with Crippen molar-refractivity contribution in [3.05, 3.63) is 0 Å². The third-order valence-electron chi connectivity index (χ3n) is 9.42. The molecule has 0 heterocycles. The molecule has 0 radical (unpaired) electrons. The van der Waals surface area contributed by atoms with Crippen LogP contribution in [0.1, 0.15) is 85.5 Å². The molecule has 0 aromatic carbocycles. The van der Waals surface area contributed by atoms with Crippen molar-refractivity contribution in [1.82, 2.24) is 0 Å². The molecule has 1 nitrogen and oxygen atoms in total. The van der Waals surface area contributed by atoms with Crippen LogP contribution in [0.5, 0.6) is 0 Å². The van der Waals surface area contributed by atoms with Gasteiger partial charge in [-0.1, -0.05) is 27.2 Å². The summed E-state index contributed by atoms with van der Waals surface area (Å²) in [6, 6.07) is 0. The molecule has 130 valence electrons. The second-order valence-electron chi connectivity index (χ2n) is 10.3. The summed E-state index contributed by atoms with van der Waals surface area (Å²) in [6.07, 6.45) is 12.6. The van der Waals surface area contributed by atoms with E-state index in [4.69, 9.17) is 0 Å². The number of fused-ring (bicyclic) bond motifs is 5. The van der Waals surface area contributed by atoms with Crippen LogP contribution in [0.3, 0.4) is 0 Å². The predicted molar refractivity (Wildman–Crippen MR) is 95.1 cm³/mol. The van der Waals surface area contributed by atoms with E-state index in [-0.39, 0.29) is 0 Å². The van der Waals surface area contributed by atoms with Gasteiger partial charge >= 0.3 is 0 Å². The molecule has 0 aromatic heterocycles. The first-order valence-corrected chi connectivity index (χ1v) is 10.4. The Balaban J connectivity index is 1.61. The summed E-state index contributed by atoms with van der Waals surface area (Å²) in [4.78, 5) is 12.2. The van der Waals surface area contributed by atoms with Crippen molar-refractivity contribution in [3.63, 3.8) is 0 Å². The summed E-state index contributed by atoms with van der Waals surface area (Å²) in [6.45, 7) is 9.45. The lowest BCUT2D eigenvalue weighted by molar-refractivity contribution is -0.135. The number of carbonyl (C=O) groups is 1. The second-order valence-corrected chi connectivity index (χ2v) is 10.3. The van der Waals surface area contributed by atoms with Crippen molar-refractivity contribution >= 4 is 5.78 Å². The quantitative estimate of drug-likeness (QED) is 0.591. The van der Waals surface area contributed by atoms with Crippen LogP contribution in [0.15, 0.2) is 0 Å². The second kappa shape index (κ2) is 5.33. The van der Waals surface area contributed by atoms with Gasteiger partial charge in [-0.15, -0.1) is 0 Å². The van der Waals surface area contributed by atoms with Crippen molar-refractivity contribution in [2.45, 2.75) is 85.5 Å². The van der Waals surface area contributed by atoms with E-state index in [1.54, 1.807) is 0 Å². The number of carbonyl (C=O) groups excluding carboxylic acids is 1. The van der Waals surface area contributed by atoms with Crippen LogP contribution in [0, 0.1) is 46.3 Å². The van der Waals surface area contributed by atoms with Crippen LogP contribution in [0.4, 0.5) is 0 Å². The zero-order valence-electron chi connectivity index (χ0n) is 15.7. The number of ketones is 1. The molecule has 1 heteroatoms. The van der Waals surface area contributed by atoms with E-state index in [1.165, 1.54) is 57.8 Å². The highest BCUT2D eigenvalue weighted by molar-refractivity contribution is 5.79. The van der Waals surface area contributed by atoms with Crippen molar-refractivity contribution in [1.29, 1.82) is 0 Å². The van der Waals surface area contributed by atoms with Crippen molar-refractivity contribution < 1.29 is 4.79 Å². The molecular weight excluding hydrogens is 280 g/mol. The fourth-order valence-corrected chi connectivity index (χ4v) is 8.14. The van der Waals surface area contributed by atoms with Crippen LogP contribution in [0.2, 0.25) is 0 Å². The molecule has 23 heavy (non-hydrogen) atoms. The molecule has 0 spiro atoms. The number of hydrogen-bond donors (Lipinski definition) is 0. The minimum Gasteiger partial charge on any atom is -0.300 e. The highest BCUT2D eigenvalue weighted by atomic mass is 16.1. The van der Waals surface area contributed by atoms with E-state index in [1.807, 2.05) is 6.92 Å². The van der Waals surface area contributed by atoms with Crippen LogP contribution in [-0.4, -0.2) is 5.78 Å². The molecule has 0 saturated heterocycles. The van der Waals surface area contributed by atoms with Gasteiger partial charge in [0.25, 0.3) is 0 Å². The van der Waals surface area contributed by atoms with Crippen LogP contribution in [0.25, 0.3) is 0 Å². The average molecular weight is 317 g/mol. The summed E-state index contributed by atoms with van der Waals surface area (Å²) >= 11 is 0. The molecule has 0 bridgehead atoms. The smallest absolute Gasteiger partial charge is 0.133 e. The number of Topliss-reactive ketones (excluding diaryl/α,β-unsaturated/α-hetero) is 1. The number of hydrogen-bond acceptors (Lipinski definition) is 1. The van der Waals surface area contributed by atoms with Gasteiger partial charge in [0.15, 0.2) is 0 Å². The molecule has 4 saturated carbocycles. The normalized spacial score (nSPS) is 55.7. The SMILES string of the molecule is CC(=O)C1CCC2C3CCC4C[C@H](C)CCC4(C)C3CCC12C. The molecule has 8 atom stereocenters. The van der Waals surface area contributed by atoms with E-state index < -0.39 is 0 Å². The molecule has 0 amide bonds. The predicted octanol–water partition coefficient (Wildman–Crippen LogP) is 5.87. The van der Waals surface area contributed by atoms with Gasteiger partial charge in [-0.25, -0.2) is 0 Å². The average Bonchev–Trinajstić information content (AvgIpc) is 2.85. The Morgan fingerprint density at radius 1 is 0.870 bits per heavy atom. The van der Waals surface area contributed by atoms with Crippen molar-refractivity contribution in [2.75, 3.05) is 0 Å². The topological polar surface area (TPSA) is 17.1 Å². The molecule has 4 aliphatic rings. The Bertz CT molecular complexity index is 496. The molecular formula is C22H36O. The summed E-state index contributed by atoms with van der Waals surface area (Å²) < 4.78 is 0. The zero-order chi connectivity index (χ0) is 16.4. The summed E-state index contributed by atoms with van der Waals surface area (Å²) in [7, 11) is 0. The summed E-state index contributed by atoms with van der Waals surface area (Å²) in [5, 5.41) is 0. The highest BCUT2D eigenvalue weighted by Crippen LogP contribution is 2.67. The largest absolute Gasteiger partial charge is 0.300 e. The lowest BCUT2D eigenvalue weighted by Gasteiger charge is -2.61. The minimum absolute atomic E-state index is 0.332. The minimum atomic E-state index is 0.332.